The van der Waals surface area contributed by atoms with E-state index in [1.807, 2.05) is 0 Å². The van der Waals surface area contributed by atoms with Crippen molar-refractivity contribution in [1.29, 1.82) is 0 Å². The number of hydrogen-bond acceptors (Lipinski definition) is 5. The zero-order chi connectivity index (χ0) is 38.9. The molecular weight excluding hydrogens is 661 g/mol. The van der Waals surface area contributed by atoms with E-state index < -0.39 is 12.0 Å². The predicted molar refractivity (Wildman–Crippen MR) is 225 cm³/mol. The second kappa shape index (κ2) is 40.3. The topological polar surface area (TPSA) is 119 Å². The van der Waals surface area contributed by atoms with Gasteiger partial charge in [0.05, 0.1) is 0 Å². The zero-order valence-corrected chi connectivity index (χ0v) is 34.1. The van der Waals surface area contributed by atoms with Crippen LogP contribution in [0.4, 0.5) is 0 Å². The van der Waals surface area contributed by atoms with Crippen molar-refractivity contribution < 1.29 is 24.2 Å². The fourth-order valence-corrected chi connectivity index (χ4v) is 6.06. The van der Waals surface area contributed by atoms with Crippen LogP contribution in [0.15, 0.2) is 60.8 Å². The van der Waals surface area contributed by atoms with E-state index in [0.29, 0.717) is 38.6 Å². The van der Waals surface area contributed by atoms with Gasteiger partial charge in [-0.3, -0.25) is 9.59 Å². The molecule has 0 heterocycles. The van der Waals surface area contributed by atoms with Crippen LogP contribution in [0.5, 0.6) is 0 Å². The van der Waals surface area contributed by atoms with Crippen LogP contribution < -0.4 is 11.1 Å². The van der Waals surface area contributed by atoms with Gasteiger partial charge in [-0.05, 0) is 103 Å². The average molecular weight is 741 g/mol. The Morgan fingerprint density at radius 1 is 0.585 bits per heavy atom. The van der Waals surface area contributed by atoms with Crippen LogP contribution in [-0.4, -0.2) is 41.6 Å². The molecule has 0 bridgehead atoms. The van der Waals surface area contributed by atoms with Crippen molar-refractivity contribution in [2.24, 2.45) is 5.73 Å². The van der Waals surface area contributed by atoms with Gasteiger partial charge in [0.1, 0.15) is 12.1 Å². The molecule has 0 aliphatic heterocycles. The Hall–Kier alpha value is -2.93. The summed E-state index contributed by atoms with van der Waals surface area (Å²) in [5, 5.41) is 11.9. The Balaban J connectivity index is 4.01. The van der Waals surface area contributed by atoms with Crippen molar-refractivity contribution in [2.75, 3.05) is 6.54 Å². The summed E-state index contributed by atoms with van der Waals surface area (Å²) in [7, 11) is 0. The molecule has 0 rings (SSSR count). The Kier molecular flexibility index (Phi) is 38.0. The lowest BCUT2D eigenvalue weighted by Crippen LogP contribution is -2.40. The van der Waals surface area contributed by atoms with Gasteiger partial charge in [0.15, 0.2) is 0 Å². The third-order valence-electron chi connectivity index (χ3n) is 9.30. The van der Waals surface area contributed by atoms with Crippen LogP contribution in [0.25, 0.3) is 0 Å². The largest absolute Gasteiger partial charge is 0.480 e. The van der Waals surface area contributed by atoms with E-state index in [1.54, 1.807) is 0 Å². The highest BCUT2D eigenvalue weighted by Gasteiger charge is 2.19. The maximum atomic E-state index is 12.7. The van der Waals surface area contributed by atoms with Crippen LogP contribution in [0.3, 0.4) is 0 Å². The number of rotatable bonds is 38. The molecule has 0 saturated carbocycles. The molecule has 0 saturated heterocycles. The third-order valence-corrected chi connectivity index (χ3v) is 9.30. The number of carboxylic acid groups (broad SMARTS) is 1. The summed E-state index contributed by atoms with van der Waals surface area (Å²) in [5.74, 6) is -1.34. The van der Waals surface area contributed by atoms with Crippen LogP contribution in [0.2, 0.25) is 0 Å². The Morgan fingerprint density at radius 3 is 1.68 bits per heavy atom. The van der Waals surface area contributed by atoms with Crippen LogP contribution in [0.1, 0.15) is 194 Å². The highest BCUT2D eigenvalue weighted by Crippen LogP contribution is 2.16. The molecule has 7 nitrogen and oxygen atoms in total. The zero-order valence-electron chi connectivity index (χ0n) is 34.1. The minimum Gasteiger partial charge on any atom is -0.480 e. The number of carboxylic acids is 1. The van der Waals surface area contributed by atoms with Crippen molar-refractivity contribution in [2.45, 2.75) is 206 Å². The van der Waals surface area contributed by atoms with Crippen LogP contribution in [0, 0.1) is 0 Å². The van der Waals surface area contributed by atoms with Crippen LogP contribution in [-0.2, 0) is 19.1 Å². The molecule has 0 radical (unpaired) electrons. The molecule has 304 valence electrons. The molecule has 4 N–H and O–H groups in total. The number of unbranched alkanes of at least 4 members (excludes halogenated alkanes) is 16. The molecule has 0 aromatic carbocycles. The molecule has 0 spiro atoms. The van der Waals surface area contributed by atoms with Gasteiger partial charge in [0.2, 0.25) is 5.91 Å². The van der Waals surface area contributed by atoms with E-state index in [4.69, 9.17) is 10.5 Å². The molecule has 0 fully saturated rings. The molecule has 0 aromatic heterocycles. The van der Waals surface area contributed by atoms with Crippen molar-refractivity contribution >= 4 is 17.8 Å². The molecule has 0 aromatic rings. The lowest BCUT2D eigenvalue weighted by molar-refractivity contribution is -0.147. The number of carbonyl (C=O) groups excluding carboxylic acids is 2. The van der Waals surface area contributed by atoms with E-state index in [-0.39, 0.29) is 18.0 Å². The minimum atomic E-state index is -1.02. The lowest BCUT2D eigenvalue weighted by atomic mass is 10.0. The summed E-state index contributed by atoms with van der Waals surface area (Å²) in [4.78, 5) is 36.2. The molecule has 1 amide bonds. The maximum absolute atomic E-state index is 12.7. The van der Waals surface area contributed by atoms with Gasteiger partial charge in [0.25, 0.3) is 0 Å². The monoisotopic (exact) mass is 741 g/mol. The quantitative estimate of drug-likeness (QED) is 0.0329. The fourth-order valence-electron chi connectivity index (χ4n) is 6.06. The summed E-state index contributed by atoms with van der Waals surface area (Å²) in [6.07, 6.45) is 50.2. The summed E-state index contributed by atoms with van der Waals surface area (Å²) in [6.45, 7) is 4.76. The maximum Gasteiger partial charge on any atom is 0.326 e. The van der Waals surface area contributed by atoms with E-state index in [0.717, 1.165) is 77.0 Å². The standard InChI is InChI=1S/C46H80N2O5/c1-3-5-7-9-10-11-12-13-14-15-16-17-18-19-20-21-22-23-24-25-26-28-34-40-45(50)53-42(36-31-27-8-6-4-2)37-32-29-30-33-39-44(49)48-43(46(51)52)38-35-41-47/h5,7,10-11,13-14,16-17,31,36,42-43H,3-4,6,8-9,12,15,18-30,32-35,37-41,47H2,1-2H3,(H,48,49)(H,51,52)/b7-5-,11-10-,14-13-,17-16-,36-31-. The van der Waals surface area contributed by atoms with Gasteiger partial charge in [-0.2, -0.15) is 0 Å². The van der Waals surface area contributed by atoms with E-state index in [1.165, 1.54) is 70.6 Å². The third kappa shape index (κ3) is 37.2. The van der Waals surface area contributed by atoms with Crippen molar-refractivity contribution in [3.05, 3.63) is 60.8 Å². The number of nitrogens with two attached hydrogens (primary N) is 1. The van der Waals surface area contributed by atoms with Crippen molar-refractivity contribution in [3.63, 3.8) is 0 Å². The Bertz CT molecular complexity index is 1020. The van der Waals surface area contributed by atoms with Gasteiger partial charge in [0, 0.05) is 12.8 Å². The first-order chi connectivity index (χ1) is 25.9. The molecular formula is C46H80N2O5. The summed E-state index contributed by atoms with van der Waals surface area (Å²) < 4.78 is 5.88. The summed E-state index contributed by atoms with van der Waals surface area (Å²) >= 11 is 0. The first-order valence-electron chi connectivity index (χ1n) is 21.6. The van der Waals surface area contributed by atoms with E-state index in [9.17, 15) is 19.5 Å². The molecule has 0 aliphatic carbocycles. The van der Waals surface area contributed by atoms with Crippen LogP contribution >= 0.6 is 0 Å². The van der Waals surface area contributed by atoms with Gasteiger partial charge < -0.3 is 20.9 Å². The normalized spacial score (nSPS) is 13.3. The fraction of sp³-hybridized carbons (Fsp3) is 0.717. The second-order valence-corrected chi connectivity index (χ2v) is 14.4. The molecule has 2 unspecified atom stereocenters. The highest BCUT2D eigenvalue weighted by molar-refractivity contribution is 5.83. The number of esters is 1. The average Bonchev–Trinajstić information content (AvgIpc) is 3.14. The van der Waals surface area contributed by atoms with E-state index >= 15 is 0 Å². The number of aliphatic carboxylic acids is 1. The first-order valence-corrected chi connectivity index (χ1v) is 21.6. The van der Waals surface area contributed by atoms with Gasteiger partial charge in [-0.25, -0.2) is 4.79 Å². The van der Waals surface area contributed by atoms with Gasteiger partial charge >= 0.3 is 11.9 Å². The SMILES string of the molecule is CC/C=C\C/C=C\C/C=C\C/C=C\CCCCCCCCCCCCC(=O)OC(/C=C\CCCCC)CCCCCCC(=O)NC(CCCN)C(=O)O. The number of carbonyl (C=O) groups is 3. The summed E-state index contributed by atoms with van der Waals surface area (Å²) in [6, 6.07) is -0.871. The molecule has 7 heteroatoms. The summed E-state index contributed by atoms with van der Waals surface area (Å²) in [5.41, 5.74) is 5.47. The minimum absolute atomic E-state index is 0.0993. The number of allylic oxidation sites excluding steroid dienone is 9. The number of hydrogen-bond donors (Lipinski definition) is 3. The highest BCUT2D eigenvalue weighted by atomic mass is 16.5. The molecule has 0 aliphatic rings. The smallest absolute Gasteiger partial charge is 0.326 e. The lowest BCUT2D eigenvalue weighted by Gasteiger charge is -2.15. The van der Waals surface area contributed by atoms with Gasteiger partial charge in [-0.15, -0.1) is 0 Å². The Labute approximate surface area is 325 Å². The van der Waals surface area contributed by atoms with Gasteiger partial charge in [-0.1, -0.05) is 146 Å². The molecule has 2 atom stereocenters. The number of nitrogens with one attached hydrogen (secondary N) is 1. The van der Waals surface area contributed by atoms with Crippen molar-refractivity contribution in [1.82, 2.24) is 5.32 Å². The number of ether oxygens (including phenoxy) is 1. The van der Waals surface area contributed by atoms with E-state index in [2.05, 4.69) is 79.9 Å². The van der Waals surface area contributed by atoms with Crippen molar-refractivity contribution in [3.8, 4) is 0 Å². The second-order valence-electron chi connectivity index (χ2n) is 14.4. The predicted octanol–water partition coefficient (Wildman–Crippen LogP) is 12.2. The first kappa shape index (κ1) is 50.1. The Morgan fingerprint density at radius 2 is 1.09 bits per heavy atom. The number of amides is 1. The molecule has 53 heavy (non-hydrogen) atoms.